The summed E-state index contributed by atoms with van der Waals surface area (Å²) in [6, 6.07) is 0. The maximum Gasteiger partial charge on any atom is 0.138 e. The number of aromatic nitrogens is 1. The lowest BCUT2D eigenvalue weighted by molar-refractivity contribution is 0.312. The highest BCUT2D eigenvalue weighted by Crippen LogP contribution is 2.29. The molecule has 1 saturated carbocycles. The first-order valence-electron chi connectivity index (χ1n) is 4.50. The minimum absolute atomic E-state index is 0.789. The second kappa shape index (κ2) is 3.87. The van der Waals surface area contributed by atoms with Gasteiger partial charge in [-0.2, -0.15) is 0 Å². The smallest absolute Gasteiger partial charge is 0.138 e. The third kappa shape index (κ3) is 2.06. The monoisotopic (exact) mass is 196 g/mol. The van der Waals surface area contributed by atoms with Crippen LogP contribution in [0, 0.1) is 5.92 Å². The van der Waals surface area contributed by atoms with Gasteiger partial charge in [0.15, 0.2) is 0 Å². The molecule has 1 fully saturated rings. The molecule has 0 spiro atoms. The van der Waals surface area contributed by atoms with Crippen molar-refractivity contribution in [2.45, 2.75) is 25.7 Å². The maximum atomic E-state index is 8.30. The van der Waals surface area contributed by atoms with E-state index in [9.17, 15) is 0 Å². The zero-order valence-electron chi connectivity index (χ0n) is 7.31. The molecule has 1 aromatic rings. The van der Waals surface area contributed by atoms with Crippen molar-refractivity contribution in [2.24, 2.45) is 11.1 Å². The molecule has 0 amide bonds. The largest absolute Gasteiger partial charge is 0.411 e. The molecule has 13 heavy (non-hydrogen) atoms. The van der Waals surface area contributed by atoms with Crippen LogP contribution in [-0.2, 0) is 6.42 Å². The number of rotatable bonds is 3. The van der Waals surface area contributed by atoms with Crippen molar-refractivity contribution >= 4 is 17.6 Å². The van der Waals surface area contributed by atoms with Crippen molar-refractivity contribution in [3.05, 3.63) is 16.1 Å². The van der Waals surface area contributed by atoms with Gasteiger partial charge in [-0.25, -0.2) is 4.98 Å². The molecule has 1 aromatic heterocycles. The van der Waals surface area contributed by atoms with Gasteiger partial charge in [0.25, 0.3) is 0 Å². The minimum Gasteiger partial charge on any atom is -0.411 e. The topological polar surface area (TPSA) is 45.5 Å². The molecular weight excluding hydrogens is 184 g/mol. The first-order chi connectivity index (χ1) is 6.38. The fraction of sp³-hybridized carbons (Fsp3) is 0.556. The average molecular weight is 196 g/mol. The predicted octanol–water partition coefficient (Wildman–Crippen LogP) is 2.29. The van der Waals surface area contributed by atoms with E-state index < -0.39 is 0 Å². The second-order valence-electron chi connectivity index (χ2n) is 3.42. The van der Waals surface area contributed by atoms with Crippen LogP contribution in [0.2, 0.25) is 0 Å². The second-order valence-corrected chi connectivity index (χ2v) is 4.31. The van der Waals surface area contributed by atoms with E-state index in [0.29, 0.717) is 0 Å². The average Bonchev–Trinajstić information content (AvgIpc) is 2.46. The number of hydrogen-bond acceptors (Lipinski definition) is 4. The molecule has 0 aromatic carbocycles. The van der Waals surface area contributed by atoms with E-state index in [0.717, 1.165) is 23.0 Å². The van der Waals surface area contributed by atoms with Crippen molar-refractivity contribution in [3.8, 4) is 0 Å². The molecule has 0 aliphatic heterocycles. The highest BCUT2D eigenvalue weighted by atomic mass is 32.1. The molecule has 0 saturated heterocycles. The van der Waals surface area contributed by atoms with Crippen LogP contribution in [-0.4, -0.2) is 16.4 Å². The number of oxime groups is 1. The molecule has 3 nitrogen and oxygen atoms in total. The molecule has 0 unspecified atom stereocenters. The molecule has 70 valence electrons. The third-order valence-corrected chi connectivity index (χ3v) is 3.29. The van der Waals surface area contributed by atoms with Crippen LogP contribution in [0.1, 0.15) is 30.0 Å². The molecule has 1 aliphatic carbocycles. The van der Waals surface area contributed by atoms with E-state index in [4.69, 9.17) is 5.21 Å². The van der Waals surface area contributed by atoms with Crippen molar-refractivity contribution in [2.75, 3.05) is 0 Å². The Morgan fingerprint density at radius 3 is 3.15 bits per heavy atom. The van der Waals surface area contributed by atoms with Crippen LogP contribution in [0.25, 0.3) is 0 Å². The van der Waals surface area contributed by atoms with Gasteiger partial charge in [0.05, 0.1) is 5.69 Å². The van der Waals surface area contributed by atoms with Gasteiger partial charge in [-0.1, -0.05) is 24.4 Å². The molecule has 0 radical (unpaired) electrons. The lowest BCUT2D eigenvalue weighted by atomic mass is 9.82. The summed E-state index contributed by atoms with van der Waals surface area (Å²) in [4.78, 5) is 4.33. The summed E-state index contributed by atoms with van der Waals surface area (Å²) in [5.41, 5.74) is 1.14. The summed E-state index contributed by atoms with van der Waals surface area (Å²) in [6.45, 7) is 0. The van der Waals surface area contributed by atoms with Crippen molar-refractivity contribution in [1.82, 2.24) is 4.98 Å². The minimum atomic E-state index is 0.789. The van der Waals surface area contributed by atoms with Gasteiger partial charge in [0.1, 0.15) is 11.2 Å². The predicted molar refractivity (Wildman–Crippen MR) is 52.5 cm³/mol. The molecule has 1 heterocycles. The van der Waals surface area contributed by atoms with Gasteiger partial charge >= 0.3 is 0 Å². The van der Waals surface area contributed by atoms with Crippen LogP contribution >= 0.6 is 11.3 Å². The Labute approximate surface area is 81.1 Å². The van der Waals surface area contributed by atoms with Gasteiger partial charge in [0, 0.05) is 5.38 Å². The van der Waals surface area contributed by atoms with Gasteiger partial charge in [-0.15, -0.1) is 11.3 Å². The first kappa shape index (κ1) is 8.69. The van der Waals surface area contributed by atoms with Crippen molar-refractivity contribution in [1.29, 1.82) is 0 Å². The van der Waals surface area contributed by atoms with Gasteiger partial charge in [0.2, 0.25) is 0 Å². The quantitative estimate of drug-likeness (QED) is 0.458. The zero-order valence-corrected chi connectivity index (χ0v) is 8.13. The van der Waals surface area contributed by atoms with Gasteiger partial charge < -0.3 is 5.21 Å². The van der Waals surface area contributed by atoms with Crippen LogP contribution in [0.15, 0.2) is 10.5 Å². The summed E-state index contributed by atoms with van der Waals surface area (Å²) < 4.78 is 0. The van der Waals surface area contributed by atoms with E-state index in [1.165, 1.54) is 36.8 Å². The Kier molecular flexibility index (Phi) is 2.59. The Bertz CT molecular complexity index is 304. The maximum absolute atomic E-state index is 8.30. The standard InChI is InChI=1S/C9H12N2OS/c12-10-5-9-11-8(6-13-9)4-7-2-1-3-7/h5-7,12H,1-4H2. The summed E-state index contributed by atoms with van der Waals surface area (Å²) in [7, 11) is 0. The fourth-order valence-corrected chi connectivity index (χ4v) is 2.20. The zero-order chi connectivity index (χ0) is 9.10. The highest BCUT2D eigenvalue weighted by molar-refractivity contribution is 7.11. The van der Waals surface area contributed by atoms with Crippen molar-refractivity contribution < 1.29 is 5.21 Å². The first-order valence-corrected chi connectivity index (χ1v) is 5.38. The van der Waals surface area contributed by atoms with E-state index in [2.05, 4.69) is 15.5 Å². The summed E-state index contributed by atoms with van der Waals surface area (Å²) in [5.74, 6) is 0.848. The molecule has 0 bridgehead atoms. The lowest BCUT2D eigenvalue weighted by Crippen LogP contribution is -2.13. The summed E-state index contributed by atoms with van der Waals surface area (Å²) in [5, 5.41) is 14.1. The van der Waals surface area contributed by atoms with E-state index in [1.54, 1.807) is 0 Å². The van der Waals surface area contributed by atoms with Crippen LogP contribution in [0.4, 0.5) is 0 Å². The summed E-state index contributed by atoms with van der Waals surface area (Å²) >= 11 is 1.53. The van der Waals surface area contributed by atoms with Crippen molar-refractivity contribution in [3.63, 3.8) is 0 Å². The van der Waals surface area contributed by atoms with E-state index >= 15 is 0 Å². The highest BCUT2D eigenvalue weighted by Gasteiger charge is 2.18. The Hall–Kier alpha value is -0.900. The third-order valence-electron chi connectivity index (χ3n) is 2.46. The molecule has 4 heteroatoms. The van der Waals surface area contributed by atoms with Crippen LogP contribution in [0.3, 0.4) is 0 Å². The van der Waals surface area contributed by atoms with Crippen LogP contribution < -0.4 is 0 Å². The normalized spacial score (nSPS) is 17.8. The Morgan fingerprint density at radius 1 is 1.69 bits per heavy atom. The number of hydrogen-bond donors (Lipinski definition) is 1. The summed E-state index contributed by atoms with van der Waals surface area (Å²) in [6.07, 6.45) is 6.55. The molecule has 0 atom stereocenters. The fourth-order valence-electron chi connectivity index (χ4n) is 1.52. The molecule has 1 aliphatic rings. The van der Waals surface area contributed by atoms with E-state index in [-0.39, 0.29) is 0 Å². The van der Waals surface area contributed by atoms with E-state index in [1.807, 2.05) is 0 Å². The molecule has 1 N–H and O–H groups in total. The lowest BCUT2D eigenvalue weighted by Gasteiger charge is -2.24. The number of nitrogens with zero attached hydrogens (tertiary/aromatic N) is 2. The van der Waals surface area contributed by atoms with Crippen LogP contribution in [0.5, 0.6) is 0 Å². The molecule has 2 rings (SSSR count). The van der Waals surface area contributed by atoms with Gasteiger partial charge in [-0.3, -0.25) is 0 Å². The van der Waals surface area contributed by atoms with Gasteiger partial charge in [-0.05, 0) is 12.3 Å². The number of thiazole rings is 1. The SMILES string of the molecule is ON=Cc1nc(CC2CCC2)cs1. The Morgan fingerprint density at radius 2 is 2.54 bits per heavy atom. The molecular formula is C9H12N2OS. The Balaban J connectivity index is 1.96.